The van der Waals surface area contributed by atoms with Gasteiger partial charge < -0.3 is 9.88 Å². The molecule has 5 nitrogen and oxygen atoms in total. The van der Waals surface area contributed by atoms with Crippen molar-refractivity contribution in [2.45, 2.75) is 36.6 Å². The summed E-state index contributed by atoms with van der Waals surface area (Å²) in [4.78, 5) is 12.3. The zero-order chi connectivity index (χ0) is 22.1. The lowest BCUT2D eigenvalue weighted by atomic mass is 10.1. The Balaban J connectivity index is 1.54. The van der Waals surface area contributed by atoms with Gasteiger partial charge in [-0.2, -0.15) is 0 Å². The largest absolute Gasteiger partial charge is 0.325 e. The SMILES string of the molecule is C=CCn1c(CSCc2ccc(Cl)cc2)nnc1SCC(=O)Nc1ccc(CC)cc1. The molecule has 1 heterocycles. The van der Waals surface area contributed by atoms with Crippen molar-refractivity contribution < 1.29 is 4.79 Å². The van der Waals surface area contributed by atoms with E-state index in [9.17, 15) is 4.79 Å². The van der Waals surface area contributed by atoms with Gasteiger partial charge >= 0.3 is 0 Å². The quantitative estimate of drug-likeness (QED) is 0.280. The Bertz CT molecular complexity index is 1000. The molecule has 0 bridgehead atoms. The van der Waals surface area contributed by atoms with Crippen LogP contribution in [0.1, 0.15) is 23.9 Å². The molecule has 0 aliphatic heterocycles. The number of halogens is 1. The third-order valence-electron chi connectivity index (χ3n) is 4.50. The van der Waals surface area contributed by atoms with Gasteiger partial charge in [-0.3, -0.25) is 4.79 Å². The number of hydrogen-bond acceptors (Lipinski definition) is 5. The van der Waals surface area contributed by atoms with Crippen molar-refractivity contribution in [3.8, 4) is 0 Å². The van der Waals surface area contributed by atoms with E-state index < -0.39 is 0 Å². The summed E-state index contributed by atoms with van der Waals surface area (Å²) in [5, 5.41) is 13.0. The third kappa shape index (κ3) is 7.16. The lowest BCUT2D eigenvalue weighted by molar-refractivity contribution is -0.113. The molecule has 31 heavy (non-hydrogen) atoms. The van der Waals surface area contributed by atoms with Crippen LogP contribution in [0.15, 0.2) is 66.3 Å². The number of amides is 1. The van der Waals surface area contributed by atoms with Crippen molar-refractivity contribution in [1.82, 2.24) is 14.8 Å². The van der Waals surface area contributed by atoms with Crippen molar-refractivity contribution in [2.24, 2.45) is 0 Å². The first kappa shape index (κ1) is 23.4. The van der Waals surface area contributed by atoms with Crippen LogP contribution >= 0.6 is 35.1 Å². The molecule has 162 valence electrons. The highest BCUT2D eigenvalue weighted by Gasteiger charge is 2.14. The minimum absolute atomic E-state index is 0.0685. The fraction of sp³-hybridized carbons (Fsp3) is 0.261. The monoisotopic (exact) mass is 472 g/mol. The van der Waals surface area contributed by atoms with Gasteiger partial charge in [0.2, 0.25) is 5.91 Å². The van der Waals surface area contributed by atoms with Crippen molar-refractivity contribution in [3.05, 3.63) is 83.2 Å². The molecule has 0 saturated heterocycles. The number of aromatic nitrogens is 3. The Morgan fingerprint density at radius 3 is 2.48 bits per heavy atom. The summed E-state index contributed by atoms with van der Waals surface area (Å²) < 4.78 is 2.01. The van der Waals surface area contributed by atoms with E-state index >= 15 is 0 Å². The number of benzene rings is 2. The number of thioether (sulfide) groups is 2. The summed E-state index contributed by atoms with van der Waals surface area (Å²) in [5.41, 5.74) is 3.25. The number of aryl methyl sites for hydroxylation is 1. The molecule has 0 aliphatic carbocycles. The summed E-state index contributed by atoms with van der Waals surface area (Å²) >= 11 is 9.08. The molecule has 1 aromatic heterocycles. The molecule has 8 heteroatoms. The van der Waals surface area contributed by atoms with E-state index in [0.717, 1.165) is 39.6 Å². The fourth-order valence-electron chi connectivity index (χ4n) is 2.84. The first-order valence-corrected chi connectivity index (χ1v) is 12.5. The summed E-state index contributed by atoms with van der Waals surface area (Å²) in [7, 11) is 0. The first-order chi connectivity index (χ1) is 15.1. The Morgan fingerprint density at radius 1 is 1.10 bits per heavy atom. The maximum Gasteiger partial charge on any atom is 0.234 e. The second kappa shape index (κ2) is 12.0. The maximum atomic E-state index is 12.3. The summed E-state index contributed by atoms with van der Waals surface area (Å²) in [6.07, 6.45) is 2.79. The highest BCUT2D eigenvalue weighted by Crippen LogP contribution is 2.23. The molecule has 0 spiro atoms. The van der Waals surface area contributed by atoms with Gasteiger partial charge in [0.25, 0.3) is 0 Å². The van der Waals surface area contributed by atoms with Crippen molar-refractivity contribution in [3.63, 3.8) is 0 Å². The van der Waals surface area contributed by atoms with Crippen LogP contribution in [0.25, 0.3) is 0 Å². The lowest BCUT2D eigenvalue weighted by Crippen LogP contribution is -2.14. The van der Waals surface area contributed by atoms with E-state index in [1.54, 1.807) is 11.8 Å². The number of hydrogen-bond donors (Lipinski definition) is 1. The molecule has 1 N–H and O–H groups in total. The van der Waals surface area contributed by atoms with Gasteiger partial charge in [0.1, 0.15) is 5.82 Å². The van der Waals surface area contributed by atoms with E-state index in [2.05, 4.69) is 29.0 Å². The number of nitrogens with one attached hydrogen (secondary N) is 1. The zero-order valence-corrected chi connectivity index (χ0v) is 19.8. The molecule has 1 amide bonds. The van der Waals surface area contributed by atoms with E-state index in [1.807, 2.05) is 59.2 Å². The summed E-state index contributed by atoms with van der Waals surface area (Å²) in [6, 6.07) is 15.8. The zero-order valence-electron chi connectivity index (χ0n) is 17.4. The Hall–Kier alpha value is -2.22. The van der Waals surface area contributed by atoms with Crippen molar-refractivity contribution in [2.75, 3.05) is 11.1 Å². The van der Waals surface area contributed by atoms with E-state index in [4.69, 9.17) is 11.6 Å². The number of carbonyl (C=O) groups excluding carboxylic acids is 1. The Kier molecular flexibility index (Phi) is 9.06. The van der Waals surface area contributed by atoms with Crippen LogP contribution in [0.3, 0.4) is 0 Å². The van der Waals surface area contributed by atoms with Gasteiger partial charge in [-0.1, -0.05) is 60.6 Å². The van der Waals surface area contributed by atoms with Crippen LogP contribution in [-0.2, 0) is 29.3 Å². The number of allylic oxidation sites excluding steroid dienone is 1. The second-order valence-electron chi connectivity index (χ2n) is 6.80. The Morgan fingerprint density at radius 2 is 1.81 bits per heavy atom. The molecule has 0 fully saturated rings. The molecule has 3 aromatic rings. The summed E-state index contributed by atoms with van der Waals surface area (Å²) in [5.74, 6) is 2.65. The molecule has 0 radical (unpaired) electrons. The molecular formula is C23H25ClN4OS2. The average Bonchev–Trinajstić information content (AvgIpc) is 3.16. The molecule has 0 unspecified atom stereocenters. The number of rotatable bonds is 11. The second-order valence-corrected chi connectivity index (χ2v) is 9.17. The van der Waals surface area contributed by atoms with E-state index in [0.29, 0.717) is 6.54 Å². The summed E-state index contributed by atoms with van der Waals surface area (Å²) in [6.45, 7) is 6.54. The number of anilines is 1. The van der Waals surface area contributed by atoms with Crippen LogP contribution in [0.5, 0.6) is 0 Å². The van der Waals surface area contributed by atoms with Crippen molar-refractivity contribution >= 4 is 46.7 Å². The van der Waals surface area contributed by atoms with E-state index in [1.165, 1.54) is 22.9 Å². The smallest absolute Gasteiger partial charge is 0.234 e. The molecule has 0 aliphatic rings. The van der Waals surface area contributed by atoms with Crippen LogP contribution in [0, 0.1) is 0 Å². The van der Waals surface area contributed by atoms with Gasteiger partial charge in [-0.15, -0.1) is 28.5 Å². The van der Waals surface area contributed by atoms with Gasteiger partial charge in [0.15, 0.2) is 5.16 Å². The lowest BCUT2D eigenvalue weighted by Gasteiger charge is -2.08. The van der Waals surface area contributed by atoms with Crippen molar-refractivity contribution in [1.29, 1.82) is 0 Å². The Labute approximate surface area is 196 Å². The van der Waals surface area contributed by atoms with Crippen LogP contribution in [0.2, 0.25) is 5.02 Å². The van der Waals surface area contributed by atoms with Crippen LogP contribution in [0.4, 0.5) is 5.69 Å². The van der Waals surface area contributed by atoms with Gasteiger partial charge in [0.05, 0.1) is 11.5 Å². The average molecular weight is 473 g/mol. The molecule has 0 atom stereocenters. The molecular weight excluding hydrogens is 448 g/mol. The predicted octanol–water partition coefficient (Wildman–Crippen LogP) is 5.84. The minimum atomic E-state index is -0.0685. The van der Waals surface area contributed by atoms with Crippen LogP contribution < -0.4 is 5.32 Å². The molecule has 0 saturated carbocycles. The first-order valence-electron chi connectivity index (χ1n) is 9.95. The highest BCUT2D eigenvalue weighted by molar-refractivity contribution is 7.99. The highest BCUT2D eigenvalue weighted by atomic mass is 35.5. The standard InChI is InChI=1S/C23H25ClN4OS2/c1-3-13-28-21(15-30-14-18-5-9-19(24)10-6-18)26-27-23(28)31-16-22(29)25-20-11-7-17(4-2)8-12-20/h3,5-12H,1,4,13-16H2,2H3,(H,25,29). The van der Waals surface area contributed by atoms with Gasteiger partial charge in [0, 0.05) is 23.0 Å². The van der Waals surface area contributed by atoms with E-state index in [-0.39, 0.29) is 11.7 Å². The fourth-order valence-corrected chi connectivity index (χ4v) is 4.66. The van der Waals surface area contributed by atoms with Crippen LogP contribution in [-0.4, -0.2) is 26.4 Å². The minimum Gasteiger partial charge on any atom is -0.325 e. The molecule has 3 rings (SSSR count). The maximum absolute atomic E-state index is 12.3. The van der Waals surface area contributed by atoms with Gasteiger partial charge in [-0.25, -0.2) is 0 Å². The number of carbonyl (C=O) groups is 1. The third-order valence-corrected chi connectivity index (χ3v) is 6.72. The number of nitrogens with zero attached hydrogens (tertiary/aromatic N) is 3. The topological polar surface area (TPSA) is 59.8 Å². The normalized spacial score (nSPS) is 10.8. The predicted molar refractivity (Wildman–Crippen MR) is 132 cm³/mol. The van der Waals surface area contributed by atoms with Gasteiger partial charge in [-0.05, 0) is 41.8 Å². The molecule has 2 aromatic carbocycles.